The number of hydrogen-bond donors (Lipinski definition) is 0. The van der Waals surface area contributed by atoms with Crippen molar-refractivity contribution in [2.75, 3.05) is 0 Å². The lowest BCUT2D eigenvalue weighted by Crippen LogP contribution is -1.87. The van der Waals surface area contributed by atoms with Gasteiger partial charge in [0.1, 0.15) is 0 Å². The second-order valence-corrected chi connectivity index (χ2v) is 4.26. The number of allylic oxidation sites excluding steroid dienone is 1. The van der Waals surface area contributed by atoms with Gasteiger partial charge in [0.05, 0.1) is 0 Å². The van der Waals surface area contributed by atoms with Crippen LogP contribution in [0.3, 0.4) is 0 Å². The standard InChI is InChI=1S/C16H18/c1-4-5-8-14-11-12(2)15-9-6-7-10-16(15)13(14)3/h5-11H,4H2,1-3H3/b8-5-. The summed E-state index contributed by atoms with van der Waals surface area (Å²) in [6, 6.07) is 10.9. The van der Waals surface area contributed by atoms with Crippen molar-refractivity contribution in [3.63, 3.8) is 0 Å². The number of aryl methyl sites for hydroxylation is 2. The smallest absolute Gasteiger partial charge is 0.0146 e. The minimum Gasteiger partial charge on any atom is -0.0842 e. The number of hydrogen-bond acceptors (Lipinski definition) is 0. The van der Waals surface area contributed by atoms with Gasteiger partial charge in [0.2, 0.25) is 0 Å². The maximum Gasteiger partial charge on any atom is -0.0146 e. The van der Waals surface area contributed by atoms with Crippen molar-refractivity contribution in [2.24, 2.45) is 0 Å². The van der Waals surface area contributed by atoms with E-state index in [1.165, 1.54) is 27.5 Å². The zero-order valence-corrected chi connectivity index (χ0v) is 10.2. The lowest BCUT2D eigenvalue weighted by atomic mass is 9.96. The molecule has 0 spiro atoms. The third-order valence-corrected chi connectivity index (χ3v) is 3.09. The molecule has 2 aromatic carbocycles. The predicted octanol–water partition coefficient (Wildman–Crippen LogP) is 4.88. The van der Waals surface area contributed by atoms with E-state index < -0.39 is 0 Å². The predicted molar refractivity (Wildman–Crippen MR) is 72.7 cm³/mol. The van der Waals surface area contributed by atoms with Crippen LogP contribution in [0.1, 0.15) is 30.0 Å². The molecule has 0 aromatic heterocycles. The molecular weight excluding hydrogens is 192 g/mol. The quantitative estimate of drug-likeness (QED) is 0.662. The number of fused-ring (bicyclic) bond motifs is 1. The van der Waals surface area contributed by atoms with Crippen LogP contribution >= 0.6 is 0 Å². The Morgan fingerprint density at radius 3 is 2.44 bits per heavy atom. The third-order valence-electron chi connectivity index (χ3n) is 3.09. The molecule has 0 aliphatic rings. The Labute approximate surface area is 97.6 Å². The average Bonchev–Trinajstić information content (AvgIpc) is 2.32. The first-order valence-electron chi connectivity index (χ1n) is 5.89. The van der Waals surface area contributed by atoms with Gasteiger partial charge < -0.3 is 0 Å². The fourth-order valence-electron chi connectivity index (χ4n) is 2.15. The molecule has 0 radical (unpaired) electrons. The molecule has 0 fully saturated rings. The fraction of sp³-hybridized carbons (Fsp3) is 0.250. The van der Waals surface area contributed by atoms with E-state index in [1.54, 1.807) is 0 Å². The zero-order valence-electron chi connectivity index (χ0n) is 10.2. The van der Waals surface area contributed by atoms with Gasteiger partial charge in [0.15, 0.2) is 0 Å². The van der Waals surface area contributed by atoms with Crippen molar-refractivity contribution >= 4 is 16.8 Å². The summed E-state index contributed by atoms with van der Waals surface area (Å²) in [4.78, 5) is 0. The molecule has 2 aromatic rings. The molecule has 0 N–H and O–H groups in total. The molecule has 0 amide bonds. The second-order valence-electron chi connectivity index (χ2n) is 4.26. The number of benzene rings is 2. The summed E-state index contributed by atoms with van der Waals surface area (Å²) in [5, 5.41) is 2.74. The molecule has 0 bridgehead atoms. The van der Waals surface area contributed by atoms with E-state index in [2.05, 4.69) is 63.3 Å². The molecule has 0 nitrogen and oxygen atoms in total. The summed E-state index contributed by atoms with van der Waals surface area (Å²) < 4.78 is 0. The van der Waals surface area contributed by atoms with Gasteiger partial charge in [-0.25, -0.2) is 0 Å². The van der Waals surface area contributed by atoms with Crippen LogP contribution < -0.4 is 0 Å². The van der Waals surface area contributed by atoms with Crippen LogP contribution in [-0.4, -0.2) is 0 Å². The Hall–Kier alpha value is -1.56. The average molecular weight is 210 g/mol. The van der Waals surface area contributed by atoms with Crippen molar-refractivity contribution in [1.29, 1.82) is 0 Å². The van der Waals surface area contributed by atoms with Gasteiger partial charge in [0, 0.05) is 0 Å². The highest BCUT2D eigenvalue weighted by molar-refractivity contribution is 5.91. The van der Waals surface area contributed by atoms with E-state index in [-0.39, 0.29) is 0 Å². The SMILES string of the molecule is CC/C=C\c1cc(C)c2ccccc2c1C. The Balaban J connectivity index is 2.70. The Kier molecular flexibility index (Phi) is 3.09. The monoisotopic (exact) mass is 210 g/mol. The summed E-state index contributed by atoms with van der Waals surface area (Å²) >= 11 is 0. The molecule has 0 aliphatic heterocycles. The molecule has 0 atom stereocenters. The Bertz CT molecular complexity index is 533. The lowest BCUT2D eigenvalue weighted by molar-refractivity contribution is 1.23. The van der Waals surface area contributed by atoms with Crippen LogP contribution in [0.4, 0.5) is 0 Å². The van der Waals surface area contributed by atoms with Crippen LogP contribution in [0, 0.1) is 13.8 Å². The molecule has 0 saturated heterocycles. The van der Waals surface area contributed by atoms with E-state index >= 15 is 0 Å². The second kappa shape index (κ2) is 4.52. The van der Waals surface area contributed by atoms with Crippen molar-refractivity contribution in [1.82, 2.24) is 0 Å². The zero-order chi connectivity index (χ0) is 11.5. The molecule has 2 rings (SSSR count). The molecule has 0 heterocycles. The van der Waals surface area contributed by atoms with E-state index in [1.807, 2.05) is 0 Å². The van der Waals surface area contributed by atoms with Crippen molar-refractivity contribution in [3.8, 4) is 0 Å². The first-order chi connectivity index (χ1) is 7.74. The summed E-state index contributed by atoms with van der Waals surface area (Å²) in [6.07, 6.45) is 5.54. The fourth-order valence-corrected chi connectivity index (χ4v) is 2.15. The van der Waals surface area contributed by atoms with Crippen molar-refractivity contribution in [3.05, 3.63) is 53.1 Å². The normalized spacial score (nSPS) is 11.4. The van der Waals surface area contributed by atoms with Gasteiger partial charge in [-0.15, -0.1) is 0 Å². The summed E-state index contributed by atoms with van der Waals surface area (Å²) in [5.41, 5.74) is 4.08. The Morgan fingerprint density at radius 2 is 1.75 bits per heavy atom. The highest BCUT2D eigenvalue weighted by Gasteiger charge is 2.03. The first-order valence-corrected chi connectivity index (χ1v) is 5.89. The van der Waals surface area contributed by atoms with Gasteiger partial charge in [-0.2, -0.15) is 0 Å². The molecule has 0 saturated carbocycles. The van der Waals surface area contributed by atoms with E-state index in [0.29, 0.717) is 0 Å². The van der Waals surface area contributed by atoms with E-state index in [9.17, 15) is 0 Å². The van der Waals surface area contributed by atoms with Gasteiger partial charge in [0.25, 0.3) is 0 Å². The summed E-state index contributed by atoms with van der Waals surface area (Å²) in [6.45, 7) is 6.56. The minimum atomic E-state index is 1.09. The van der Waals surface area contributed by atoms with Crippen LogP contribution in [-0.2, 0) is 0 Å². The van der Waals surface area contributed by atoms with Gasteiger partial charge >= 0.3 is 0 Å². The molecule has 16 heavy (non-hydrogen) atoms. The van der Waals surface area contributed by atoms with Gasteiger partial charge in [-0.05, 0) is 47.7 Å². The third kappa shape index (κ3) is 1.88. The Morgan fingerprint density at radius 1 is 1.06 bits per heavy atom. The van der Waals surface area contributed by atoms with Crippen LogP contribution in [0.15, 0.2) is 36.4 Å². The molecule has 0 unspecified atom stereocenters. The molecular formula is C16H18. The lowest BCUT2D eigenvalue weighted by Gasteiger charge is -2.09. The van der Waals surface area contributed by atoms with Crippen LogP contribution in [0.2, 0.25) is 0 Å². The summed E-state index contributed by atoms with van der Waals surface area (Å²) in [5.74, 6) is 0. The topological polar surface area (TPSA) is 0 Å². The molecule has 0 aliphatic carbocycles. The van der Waals surface area contributed by atoms with Crippen LogP contribution in [0.25, 0.3) is 16.8 Å². The number of rotatable bonds is 2. The highest BCUT2D eigenvalue weighted by Crippen LogP contribution is 2.26. The van der Waals surface area contributed by atoms with E-state index in [0.717, 1.165) is 6.42 Å². The molecule has 82 valence electrons. The highest BCUT2D eigenvalue weighted by atomic mass is 14.1. The molecule has 0 heteroatoms. The van der Waals surface area contributed by atoms with Crippen molar-refractivity contribution < 1.29 is 0 Å². The minimum absolute atomic E-state index is 1.09. The maximum atomic E-state index is 2.28. The van der Waals surface area contributed by atoms with Crippen LogP contribution in [0.5, 0.6) is 0 Å². The van der Waals surface area contributed by atoms with Gasteiger partial charge in [-0.3, -0.25) is 0 Å². The van der Waals surface area contributed by atoms with Gasteiger partial charge in [-0.1, -0.05) is 49.4 Å². The maximum absolute atomic E-state index is 2.28. The van der Waals surface area contributed by atoms with E-state index in [4.69, 9.17) is 0 Å². The van der Waals surface area contributed by atoms with Crippen molar-refractivity contribution in [2.45, 2.75) is 27.2 Å². The largest absolute Gasteiger partial charge is 0.0842 e. The first kappa shape index (κ1) is 10.9. The summed E-state index contributed by atoms with van der Waals surface area (Å²) in [7, 11) is 0.